The van der Waals surface area contributed by atoms with E-state index in [1.807, 2.05) is 38.8 Å². The number of halogens is 2. The number of carbonyl (C=O) groups excluding carboxylic acids is 3. The van der Waals surface area contributed by atoms with Crippen molar-refractivity contribution in [2.75, 3.05) is 85.5 Å². The van der Waals surface area contributed by atoms with E-state index >= 15 is 0 Å². The van der Waals surface area contributed by atoms with Gasteiger partial charge < -0.3 is 25.2 Å². The molecule has 13 nitrogen and oxygen atoms in total. The number of quaternary nitrogens is 1. The van der Waals surface area contributed by atoms with Crippen molar-refractivity contribution in [3.8, 4) is 12.1 Å². The van der Waals surface area contributed by atoms with Crippen LogP contribution in [0, 0.1) is 22.7 Å². The van der Waals surface area contributed by atoms with Gasteiger partial charge in [-0.05, 0) is 96.1 Å². The summed E-state index contributed by atoms with van der Waals surface area (Å²) in [7, 11) is 2.33. The zero-order chi connectivity index (χ0) is 43.5. The summed E-state index contributed by atoms with van der Waals surface area (Å²) in [6, 6.07) is 11.4. The van der Waals surface area contributed by atoms with Gasteiger partial charge in [-0.1, -0.05) is 12.1 Å². The number of ether oxygens (including phenoxy) is 1. The monoisotopic (exact) mass is 816 g/mol. The van der Waals surface area contributed by atoms with Crippen LogP contribution < -0.4 is 10.6 Å². The molecule has 1 aromatic carbocycles. The van der Waals surface area contributed by atoms with Crippen LogP contribution in [0.25, 0.3) is 5.57 Å². The van der Waals surface area contributed by atoms with Crippen LogP contribution in [-0.4, -0.2) is 130 Å². The number of likely N-dealkylation sites (N-methyl/N-ethyl adjacent to an activating group) is 3. The van der Waals surface area contributed by atoms with E-state index in [1.54, 1.807) is 44.3 Å². The molecule has 2 heterocycles. The number of benzene rings is 1. The van der Waals surface area contributed by atoms with E-state index in [4.69, 9.17) is 20.3 Å². The minimum atomic E-state index is -2.68. The number of allylic oxidation sites excluding steroid dienone is 6. The molecule has 2 aliphatic heterocycles. The van der Waals surface area contributed by atoms with Crippen LogP contribution in [0.5, 0.6) is 0 Å². The predicted octanol–water partition coefficient (Wildman–Crippen LogP) is 5.92. The molecule has 318 valence electrons. The maximum atomic E-state index is 14.7. The molecule has 0 spiro atoms. The van der Waals surface area contributed by atoms with Gasteiger partial charge in [0.25, 0.3) is 0 Å². The third kappa shape index (κ3) is 14.7. The molecular formula is C43H61BF2N9O4+. The number of anilines is 1. The lowest BCUT2D eigenvalue weighted by Crippen LogP contribution is -2.47. The zero-order valence-electron chi connectivity index (χ0n) is 35.9. The highest BCUT2D eigenvalue weighted by atomic mass is 19.2. The highest BCUT2D eigenvalue weighted by Gasteiger charge is 2.54. The maximum Gasteiger partial charge on any atom is 0.853 e. The minimum Gasteiger partial charge on any atom is -0.378 e. The summed E-state index contributed by atoms with van der Waals surface area (Å²) in [6.07, 6.45) is 7.07. The number of hydrogen-bond donors (Lipinski definition) is 2. The molecule has 0 fully saturated rings. The second-order valence-electron chi connectivity index (χ2n) is 15.3. The molecule has 1 atom stereocenters. The molecule has 1 aromatic rings. The van der Waals surface area contributed by atoms with Gasteiger partial charge in [0.1, 0.15) is 5.70 Å². The van der Waals surface area contributed by atoms with Crippen LogP contribution in [0.15, 0.2) is 69.6 Å². The Balaban J connectivity index is 1.38. The Labute approximate surface area is 349 Å². The number of nitriles is 2. The third-order valence-corrected chi connectivity index (χ3v) is 10.5. The Hall–Kier alpha value is -5.00. The lowest BCUT2D eigenvalue weighted by molar-refractivity contribution is -0.727. The fourth-order valence-electron chi connectivity index (χ4n) is 7.07. The van der Waals surface area contributed by atoms with Crippen molar-refractivity contribution in [1.82, 2.24) is 20.0 Å². The van der Waals surface area contributed by atoms with Gasteiger partial charge in [-0.25, -0.2) is 8.63 Å². The number of aliphatic imine (C=N–C) groups is 1. The van der Waals surface area contributed by atoms with E-state index in [9.17, 15) is 23.0 Å². The Bertz CT molecular complexity index is 1860. The van der Waals surface area contributed by atoms with Crippen LogP contribution in [0.1, 0.15) is 78.2 Å². The molecule has 0 saturated heterocycles. The summed E-state index contributed by atoms with van der Waals surface area (Å²) in [5.74, 6) is -0.604. The maximum absolute atomic E-state index is 14.7. The smallest absolute Gasteiger partial charge is 0.378 e. The Morgan fingerprint density at radius 3 is 2.08 bits per heavy atom. The van der Waals surface area contributed by atoms with Crippen molar-refractivity contribution in [2.24, 2.45) is 4.99 Å². The fourth-order valence-corrected chi connectivity index (χ4v) is 7.07. The molecule has 2 N–H and O–H groups in total. The molecule has 0 aliphatic carbocycles. The number of rotatable bonds is 25. The summed E-state index contributed by atoms with van der Waals surface area (Å²) in [5.41, 5.74) is 5.91. The Morgan fingerprint density at radius 1 is 0.864 bits per heavy atom. The van der Waals surface area contributed by atoms with E-state index in [2.05, 4.69) is 27.7 Å². The normalized spacial score (nSPS) is 17.0. The topological polar surface area (TPSA) is 154 Å². The summed E-state index contributed by atoms with van der Waals surface area (Å²) >= 11 is 0. The first kappa shape index (κ1) is 48.4. The molecule has 3 amide bonds. The number of carbonyl (C=O) groups is 3. The first-order valence-corrected chi connectivity index (χ1v) is 20.3. The summed E-state index contributed by atoms with van der Waals surface area (Å²) < 4.78 is 34.5. The average Bonchev–Trinajstić information content (AvgIpc) is 3.64. The Kier molecular flexibility index (Phi) is 19.8. The second-order valence-corrected chi connectivity index (χ2v) is 15.3. The van der Waals surface area contributed by atoms with E-state index in [0.717, 1.165) is 55.8 Å². The first-order valence-electron chi connectivity index (χ1n) is 20.3. The largest absolute Gasteiger partial charge is 0.853 e. The van der Waals surface area contributed by atoms with Crippen LogP contribution >= 0.6 is 0 Å². The van der Waals surface area contributed by atoms with Crippen LogP contribution in [-0.2, 0) is 19.1 Å². The molecule has 0 aromatic heterocycles. The summed E-state index contributed by atoms with van der Waals surface area (Å²) in [4.78, 5) is 48.3. The lowest BCUT2D eigenvalue weighted by Gasteiger charge is -2.32. The quantitative estimate of drug-likeness (QED) is 0.0911. The number of nitrogens with zero attached hydrogens (tertiary/aromatic N) is 7. The van der Waals surface area contributed by atoms with E-state index < -0.39 is 11.8 Å². The van der Waals surface area contributed by atoms with Crippen LogP contribution in [0.2, 0.25) is 0 Å². The van der Waals surface area contributed by atoms with Crippen molar-refractivity contribution in [3.05, 3.63) is 70.2 Å². The number of nitrogens with one attached hydrogen (secondary N) is 2. The predicted molar refractivity (Wildman–Crippen MR) is 228 cm³/mol. The summed E-state index contributed by atoms with van der Waals surface area (Å²) in [6.45, 7) is 12.1. The lowest BCUT2D eigenvalue weighted by atomic mass is 9.91. The first-order chi connectivity index (χ1) is 28.1. The van der Waals surface area contributed by atoms with E-state index in [1.165, 1.54) is 11.9 Å². The Morgan fingerprint density at radius 2 is 1.49 bits per heavy atom. The molecule has 0 radical (unpaired) electrons. The molecule has 59 heavy (non-hydrogen) atoms. The van der Waals surface area contributed by atoms with Gasteiger partial charge in [-0.15, -0.1) is 0 Å². The summed E-state index contributed by atoms with van der Waals surface area (Å²) in [5, 5.41) is 23.4. The standard InChI is InChI=1S/C43H60BF2N9O4/c1-32-29-34(3)50-42(32)41(43-33(2)30-35(4)55(43,7)44(45)46)36-13-15-37(16-14-36)51-38(56)17-18-40(58)53(6)26-28-59-27-25-52(5)31-39(57)49-21-12-24-54(22-10-8-19-47)23-11-9-20-48/h13-16,29-30H,8-12,17-18,21-28,31H2,1-7H3,(H-,49,50,51,56,57)/p+1/t55-/m1/s1. The van der Waals surface area contributed by atoms with Crippen molar-refractivity contribution in [2.45, 2.75) is 72.6 Å². The second kappa shape index (κ2) is 24.2. The van der Waals surface area contributed by atoms with E-state index in [-0.39, 0.29) is 37.1 Å². The molecule has 3 rings (SSSR count). The van der Waals surface area contributed by atoms with Crippen molar-refractivity contribution >= 4 is 42.1 Å². The minimum absolute atomic E-state index is 0.0157. The van der Waals surface area contributed by atoms with Gasteiger partial charge in [0.15, 0.2) is 0 Å². The molecular weight excluding hydrogens is 755 g/mol. The number of amides is 3. The number of unbranched alkanes of at least 4 members (excludes halogenated alkanes) is 2. The van der Waals surface area contributed by atoms with Crippen molar-refractivity contribution < 1.29 is 32.1 Å². The SMILES string of the molecule is CC1=CC(C)=N/C1=C(\C1=C(C)C=C(C)[N@@+]1(C)B(F)F)c1ccc(NC(=O)CCC(=O)N(C)CCOCCN(C)CC(=O)NCCCN(CCCC#N)CCCC#N)cc1. The molecule has 16 heteroatoms. The van der Waals surface area contributed by atoms with Crippen LogP contribution in [0.4, 0.5) is 14.3 Å². The fraction of sp³-hybridized carbons (Fsp3) is 0.535. The molecule has 0 bridgehead atoms. The van der Waals surface area contributed by atoms with Gasteiger partial charge in [0.05, 0.1) is 55.9 Å². The van der Waals surface area contributed by atoms with Crippen molar-refractivity contribution in [1.29, 1.82) is 10.5 Å². The molecule has 2 aliphatic rings. The van der Waals surface area contributed by atoms with Gasteiger partial charge >= 0.3 is 7.40 Å². The van der Waals surface area contributed by atoms with Gasteiger partial charge in [0.2, 0.25) is 17.7 Å². The molecule has 0 unspecified atom stereocenters. The highest BCUT2D eigenvalue weighted by molar-refractivity contribution is 6.35. The van der Waals surface area contributed by atoms with Gasteiger partial charge in [-0.3, -0.25) is 28.7 Å². The average molecular weight is 817 g/mol. The van der Waals surface area contributed by atoms with E-state index in [0.29, 0.717) is 79.6 Å². The van der Waals surface area contributed by atoms with Crippen LogP contribution in [0.3, 0.4) is 0 Å². The van der Waals surface area contributed by atoms with Gasteiger partial charge in [0, 0.05) is 82.3 Å². The third-order valence-electron chi connectivity index (χ3n) is 10.5. The van der Waals surface area contributed by atoms with Gasteiger partial charge in [-0.2, -0.15) is 10.5 Å². The van der Waals surface area contributed by atoms with Crippen molar-refractivity contribution in [3.63, 3.8) is 0 Å². The highest BCUT2D eigenvalue weighted by Crippen LogP contribution is 2.46. The number of hydrogen-bond acceptors (Lipinski definition) is 9. The molecule has 0 saturated carbocycles. The zero-order valence-corrected chi connectivity index (χ0v) is 35.9.